The maximum atomic E-state index is 4.60. The highest BCUT2D eigenvalue weighted by Gasteiger charge is 2.06. The van der Waals surface area contributed by atoms with Crippen molar-refractivity contribution in [3.63, 3.8) is 0 Å². The predicted octanol–water partition coefficient (Wildman–Crippen LogP) is 2.34. The molecule has 0 atom stereocenters. The van der Waals surface area contributed by atoms with Gasteiger partial charge in [-0.1, -0.05) is 29.8 Å². The van der Waals surface area contributed by atoms with Crippen LogP contribution in [0.5, 0.6) is 0 Å². The molecule has 0 saturated heterocycles. The SMILES string of the molecule is CNCc1nc(Cc2ccc(C)cc2)c(C)[nH]1. The molecule has 2 N–H and O–H groups in total. The van der Waals surface area contributed by atoms with E-state index in [4.69, 9.17) is 0 Å². The fourth-order valence-electron chi connectivity index (χ4n) is 1.89. The van der Waals surface area contributed by atoms with Gasteiger partial charge in [-0.2, -0.15) is 0 Å². The van der Waals surface area contributed by atoms with E-state index in [1.165, 1.54) is 11.1 Å². The van der Waals surface area contributed by atoms with Crippen LogP contribution in [0.1, 0.15) is 28.3 Å². The summed E-state index contributed by atoms with van der Waals surface area (Å²) < 4.78 is 0. The van der Waals surface area contributed by atoms with Crippen LogP contribution < -0.4 is 5.32 Å². The Morgan fingerprint density at radius 3 is 2.53 bits per heavy atom. The van der Waals surface area contributed by atoms with Crippen LogP contribution in [0.25, 0.3) is 0 Å². The quantitative estimate of drug-likeness (QED) is 0.845. The third-order valence-corrected chi connectivity index (χ3v) is 2.87. The smallest absolute Gasteiger partial charge is 0.120 e. The van der Waals surface area contributed by atoms with Crippen molar-refractivity contribution in [3.8, 4) is 0 Å². The van der Waals surface area contributed by atoms with Gasteiger partial charge in [0.05, 0.1) is 12.2 Å². The van der Waals surface area contributed by atoms with Gasteiger partial charge in [-0.05, 0) is 26.5 Å². The van der Waals surface area contributed by atoms with E-state index in [-0.39, 0.29) is 0 Å². The molecule has 0 aliphatic rings. The van der Waals surface area contributed by atoms with Gasteiger partial charge in [0.1, 0.15) is 5.82 Å². The number of aryl methyl sites for hydroxylation is 2. The molecule has 17 heavy (non-hydrogen) atoms. The van der Waals surface area contributed by atoms with Gasteiger partial charge < -0.3 is 10.3 Å². The second kappa shape index (κ2) is 5.15. The fourth-order valence-corrected chi connectivity index (χ4v) is 1.89. The molecule has 0 spiro atoms. The highest BCUT2D eigenvalue weighted by Crippen LogP contribution is 2.12. The van der Waals surface area contributed by atoms with Crippen LogP contribution in [0.4, 0.5) is 0 Å². The van der Waals surface area contributed by atoms with E-state index in [1.807, 2.05) is 7.05 Å². The predicted molar refractivity (Wildman–Crippen MR) is 70.1 cm³/mol. The van der Waals surface area contributed by atoms with E-state index >= 15 is 0 Å². The first kappa shape index (κ1) is 11.9. The molecule has 0 fully saturated rings. The van der Waals surface area contributed by atoms with E-state index in [9.17, 15) is 0 Å². The Kier molecular flexibility index (Phi) is 3.59. The first-order chi connectivity index (χ1) is 8.19. The van der Waals surface area contributed by atoms with Gasteiger partial charge in [-0.3, -0.25) is 0 Å². The summed E-state index contributed by atoms with van der Waals surface area (Å²) in [5, 5.41) is 3.10. The molecule has 0 radical (unpaired) electrons. The van der Waals surface area contributed by atoms with Crippen molar-refractivity contribution < 1.29 is 0 Å². The van der Waals surface area contributed by atoms with Gasteiger partial charge in [-0.15, -0.1) is 0 Å². The van der Waals surface area contributed by atoms with Gasteiger partial charge in [-0.25, -0.2) is 4.98 Å². The molecular formula is C14H19N3. The lowest BCUT2D eigenvalue weighted by Gasteiger charge is -2.00. The van der Waals surface area contributed by atoms with E-state index in [0.717, 1.165) is 30.2 Å². The lowest BCUT2D eigenvalue weighted by molar-refractivity contribution is 0.768. The lowest BCUT2D eigenvalue weighted by atomic mass is 10.1. The highest BCUT2D eigenvalue weighted by atomic mass is 15.0. The third-order valence-electron chi connectivity index (χ3n) is 2.87. The number of nitrogens with zero attached hydrogens (tertiary/aromatic N) is 1. The van der Waals surface area contributed by atoms with Crippen molar-refractivity contribution in [3.05, 3.63) is 52.6 Å². The molecule has 90 valence electrons. The molecule has 0 unspecified atom stereocenters. The van der Waals surface area contributed by atoms with Crippen LogP contribution in [0.2, 0.25) is 0 Å². The monoisotopic (exact) mass is 229 g/mol. The van der Waals surface area contributed by atoms with Crippen molar-refractivity contribution in [2.24, 2.45) is 0 Å². The molecule has 0 aliphatic carbocycles. The summed E-state index contributed by atoms with van der Waals surface area (Å²) in [4.78, 5) is 7.90. The number of imidazole rings is 1. The normalized spacial score (nSPS) is 10.8. The van der Waals surface area contributed by atoms with E-state index in [2.05, 4.69) is 53.4 Å². The number of aromatic amines is 1. The van der Waals surface area contributed by atoms with Gasteiger partial charge in [0, 0.05) is 12.1 Å². The zero-order valence-corrected chi connectivity index (χ0v) is 10.7. The molecule has 3 heteroatoms. The molecule has 0 bridgehead atoms. The molecule has 0 amide bonds. The van der Waals surface area contributed by atoms with Crippen molar-refractivity contribution in [1.82, 2.24) is 15.3 Å². The number of hydrogen-bond acceptors (Lipinski definition) is 2. The molecule has 0 aliphatic heterocycles. The minimum absolute atomic E-state index is 0.786. The Bertz CT molecular complexity index is 483. The summed E-state index contributed by atoms with van der Waals surface area (Å²) >= 11 is 0. The first-order valence-corrected chi connectivity index (χ1v) is 5.93. The zero-order valence-electron chi connectivity index (χ0n) is 10.7. The maximum Gasteiger partial charge on any atom is 0.120 e. The molecule has 2 rings (SSSR count). The van der Waals surface area contributed by atoms with Crippen LogP contribution in [-0.2, 0) is 13.0 Å². The van der Waals surface area contributed by atoms with E-state index in [0.29, 0.717) is 0 Å². The van der Waals surface area contributed by atoms with Crippen molar-refractivity contribution in [2.45, 2.75) is 26.8 Å². The Hall–Kier alpha value is -1.61. The van der Waals surface area contributed by atoms with Gasteiger partial charge >= 0.3 is 0 Å². The molecule has 3 nitrogen and oxygen atoms in total. The largest absolute Gasteiger partial charge is 0.345 e. The summed E-state index contributed by atoms with van der Waals surface area (Å²) in [6.07, 6.45) is 0.895. The van der Waals surface area contributed by atoms with E-state index in [1.54, 1.807) is 0 Å². The number of benzene rings is 1. The Balaban J connectivity index is 2.15. The Morgan fingerprint density at radius 1 is 1.18 bits per heavy atom. The number of H-pyrrole nitrogens is 1. The molecule has 1 aromatic carbocycles. The lowest BCUT2D eigenvalue weighted by Crippen LogP contribution is -2.06. The van der Waals surface area contributed by atoms with Gasteiger partial charge in [0.2, 0.25) is 0 Å². The summed E-state index contributed by atoms with van der Waals surface area (Å²) in [5.41, 5.74) is 4.90. The summed E-state index contributed by atoms with van der Waals surface area (Å²) in [7, 11) is 1.93. The summed E-state index contributed by atoms with van der Waals surface area (Å²) in [5.74, 6) is 1.01. The van der Waals surface area contributed by atoms with Crippen molar-refractivity contribution in [2.75, 3.05) is 7.05 Å². The van der Waals surface area contributed by atoms with Crippen molar-refractivity contribution in [1.29, 1.82) is 0 Å². The topological polar surface area (TPSA) is 40.7 Å². The fraction of sp³-hybridized carbons (Fsp3) is 0.357. The minimum atomic E-state index is 0.786. The number of nitrogens with one attached hydrogen (secondary N) is 2. The number of hydrogen-bond donors (Lipinski definition) is 2. The van der Waals surface area contributed by atoms with Gasteiger partial charge in [0.15, 0.2) is 0 Å². The van der Waals surface area contributed by atoms with Crippen LogP contribution in [0.15, 0.2) is 24.3 Å². The average molecular weight is 229 g/mol. The standard InChI is InChI=1S/C14H19N3/c1-10-4-6-12(7-5-10)8-13-11(2)16-14(17-13)9-15-3/h4-7,15H,8-9H2,1-3H3,(H,16,17). The molecule has 0 saturated carbocycles. The van der Waals surface area contributed by atoms with Crippen LogP contribution in [-0.4, -0.2) is 17.0 Å². The minimum Gasteiger partial charge on any atom is -0.345 e. The average Bonchev–Trinajstić information content (AvgIpc) is 2.63. The highest BCUT2D eigenvalue weighted by molar-refractivity contribution is 5.27. The second-order valence-corrected chi connectivity index (χ2v) is 4.45. The molecular weight excluding hydrogens is 210 g/mol. The maximum absolute atomic E-state index is 4.60. The molecule has 2 aromatic rings. The first-order valence-electron chi connectivity index (χ1n) is 5.93. The molecule has 1 heterocycles. The number of aromatic nitrogens is 2. The Labute approximate surface area is 102 Å². The summed E-state index contributed by atoms with van der Waals surface area (Å²) in [6, 6.07) is 8.63. The second-order valence-electron chi connectivity index (χ2n) is 4.45. The van der Waals surface area contributed by atoms with Crippen LogP contribution >= 0.6 is 0 Å². The van der Waals surface area contributed by atoms with Crippen LogP contribution in [0.3, 0.4) is 0 Å². The zero-order chi connectivity index (χ0) is 12.3. The van der Waals surface area contributed by atoms with Crippen molar-refractivity contribution >= 4 is 0 Å². The third kappa shape index (κ3) is 2.94. The molecule has 1 aromatic heterocycles. The van der Waals surface area contributed by atoms with Crippen LogP contribution in [0, 0.1) is 13.8 Å². The number of rotatable bonds is 4. The van der Waals surface area contributed by atoms with Gasteiger partial charge in [0.25, 0.3) is 0 Å². The Morgan fingerprint density at radius 2 is 1.88 bits per heavy atom. The summed E-state index contributed by atoms with van der Waals surface area (Å²) in [6.45, 7) is 4.97. The van der Waals surface area contributed by atoms with E-state index < -0.39 is 0 Å².